The van der Waals surface area contributed by atoms with Gasteiger partial charge in [0.1, 0.15) is 5.02 Å². The summed E-state index contributed by atoms with van der Waals surface area (Å²) < 4.78 is 27.5. The zero-order valence-electron chi connectivity index (χ0n) is 9.39. The van der Waals surface area contributed by atoms with Crippen LogP contribution in [0.25, 0.3) is 0 Å². The maximum atomic E-state index is 11.3. The molecule has 0 radical (unpaired) electrons. The highest BCUT2D eigenvalue weighted by Crippen LogP contribution is 2.25. The molecule has 0 aliphatic carbocycles. The highest BCUT2D eigenvalue weighted by molar-refractivity contribution is 7.91. The van der Waals surface area contributed by atoms with Gasteiger partial charge in [0.05, 0.1) is 24.3 Å². The second-order valence-corrected chi connectivity index (χ2v) is 6.80. The normalized spacial score (nSPS) is 22.6. The Morgan fingerprint density at radius 3 is 2.82 bits per heavy atom. The van der Waals surface area contributed by atoms with Gasteiger partial charge in [-0.1, -0.05) is 11.6 Å². The number of rotatable bonds is 3. The third-order valence-electron chi connectivity index (χ3n) is 2.78. The average Bonchev–Trinajstić information content (AvgIpc) is 2.58. The monoisotopic (exact) mass is 276 g/mol. The van der Waals surface area contributed by atoms with Crippen LogP contribution in [0.5, 0.6) is 5.88 Å². The quantitative estimate of drug-likeness (QED) is 0.827. The zero-order valence-corrected chi connectivity index (χ0v) is 11.0. The van der Waals surface area contributed by atoms with Crippen molar-refractivity contribution in [1.82, 2.24) is 10.2 Å². The van der Waals surface area contributed by atoms with E-state index in [0.29, 0.717) is 23.6 Å². The number of nitrogens with zero attached hydrogens (tertiary/aromatic N) is 2. The molecule has 17 heavy (non-hydrogen) atoms. The van der Waals surface area contributed by atoms with Crippen LogP contribution in [-0.4, -0.2) is 37.2 Å². The molecule has 1 aliphatic rings. The Kier molecular flexibility index (Phi) is 3.53. The van der Waals surface area contributed by atoms with Crippen LogP contribution in [0.2, 0.25) is 5.02 Å². The van der Waals surface area contributed by atoms with Crippen molar-refractivity contribution in [2.75, 3.05) is 18.6 Å². The first-order valence-electron chi connectivity index (χ1n) is 5.26. The maximum absolute atomic E-state index is 11.3. The SMILES string of the molecule is COc1nnc(CC2CCS(=O)(=O)C2)cc1Cl. The second-order valence-electron chi connectivity index (χ2n) is 4.17. The van der Waals surface area contributed by atoms with Gasteiger partial charge >= 0.3 is 0 Å². The summed E-state index contributed by atoms with van der Waals surface area (Å²) in [5.74, 6) is 0.918. The third-order valence-corrected chi connectivity index (χ3v) is 4.89. The van der Waals surface area contributed by atoms with Gasteiger partial charge in [-0.05, 0) is 24.8 Å². The van der Waals surface area contributed by atoms with E-state index in [1.165, 1.54) is 7.11 Å². The molecule has 0 spiro atoms. The highest BCUT2D eigenvalue weighted by atomic mass is 35.5. The summed E-state index contributed by atoms with van der Waals surface area (Å²) in [6.07, 6.45) is 1.28. The van der Waals surface area contributed by atoms with Crippen LogP contribution >= 0.6 is 11.6 Å². The van der Waals surface area contributed by atoms with Gasteiger partial charge in [-0.25, -0.2) is 8.42 Å². The van der Waals surface area contributed by atoms with Crippen LogP contribution in [0.15, 0.2) is 6.07 Å². The van der Waals surface area contributed by atoms with Crippen molar-refractivity contribution < 1.29 is 13.2 Å². The second kappa shape index (κ2) is 4.78. The van der Waals surface area contributed by atoms with Crippen molar-refractivity contribution in [2.24, 2.45) is 5.92 Å². The predicted molar refractivity (Wildman–Crippen MR) is 64.1 cm³/mol. The number of methoxy groups -OCH3 is 1. The first-order valence-corrected chi connectivity index (χ1v) is 7.46. The largest absolute Gasteiger partial charge is 0.479 e. The van der Waals surface area contributed by atoms with Gasteiger partial charge in [0.2, 0.25) is 0 Å². The number of ether oxygens (including phenoxy) is 1. The first-order chi connectivity index (χ1) is 8.00. The summed E-state index contributed by atoms with van der Waals surface area (Å²) in [6, 6.07) is 1.68. The van der Waals surface area contributed by atoms with Crippen molar-refractivity contribution in [2.45, 2.75) is 12.8 Å². The average molecular weight is 277 g/mol. The molecule has 0 saturated carbocycles. The van der Waals surface area contributed by atoms with E-state index in [1.807, 2.05) is 0 Å². The Balaban J connectivity index is 2.07. The van der Waals surface area contributed by atoms with Gasteiger partial charge in [0.15, 0.2) is 9.84 Å². The summed E-state index contributed by atoms with van der Waals surface area (Å²) in [4.78, 5) is 0. The third kappa shape index (κ3) is 3.07. The standard InChI is InChI=1S/C10H13ClN2O3S/c1-16-10-9(11)5-8(12-13-10)4-7-2-3-17(14,15)6-7/h5,7H,2-4,6H2,1H3. The van der Waals surface area contributed by atoms with Gasteiger partial charge in [-0.2, -0.15) is 5.10 Å². The van der Waals surface area contributed by atoms with E-state index in [-0.39, 0.29) is 23.3 Å². The molecule has 5 nitrogen and oxygen atoms in total. The van der Waals surface area contributed by atoms with Crippen LogP contribution in [0.3, 0.4) is 0 Å². The van der Waals surface area contributed by atoms with Gasteiger partial charge < -0.3 is 4.74 Å². The fraction of sp³-hybridized carbons (Fsp3) is 0.600. The molecule has 2 rings (SSSR count). The molecule has 1 unspecified atom stereocenters. The predicted octanol–water partition coefficient (Wildman–Crippen LogP) is 1.12. The molecular formula is C10H13ClN2O3S. The van der Waals surface area contributed by atoms with Crippen LogP contribution in [0.4, 0.5) is 0 Å². The first kappa shape index (κ1) is 12.6. The maximum Gasteiger partial charge on any atom is 0.252 e. The summed E-state index contributed by atoms with van der Waals surface area (Å²) >= 11 is 5.93. The smallest absolute Gasteiger partial charge is 0.252 e. The van der Waals surface area contributed by atoms with E-state index in [1.54, 1.807) is 6.07 Å². The van der Waals surface area contributed by atoms with Gasteiger partial charge in [0.25, 0.3) is 5.88 Å². The summed E-state index contributed by atoms with van der Waals surface area (Å²) in [5.41, 5.74) is 0.706. The zero-order chi connectivity index (χ0) is 12.5. The lowest BCUT2D eigenvalue weighted by Gasteiger charge is -2.07. The Morgan fingerprint density at radius 2 is 2.29 bits per heavy atom. The molecule has 0 aromatic carbocycles. The van der Waals surface area contributed by atoms with Crippen LogP contribution < -0.4 is 4.74 Å². The van der Waals surface area contributed by atoms with E-state index in [0.717, 1.165) is 0 Å². The van der Waals surface area contributed by atoms with E-state index in [4.69, 9.17) is 16.3 Å². The van der Waals surface area contributed by atoms with Gasteiger partial charge in [0, 0.05) is 0 Å². The Morgan fingerprint density at radius 1 is 1.53 bits per heavy atom. The van der Waals surface area contributed by atoms with E-state index < -0.39 is 9.84 Å². The molecule has 1 atom stereocenters. The fourth-order valence-electron chi connectivity index (χ4n) is 1.96. The van der Waals surface area contributed by atoms with Crippen molar-refractivity contribution in [3.8, 4) is 5.88 Å². The molecule has 1 aliphatic heterocycles. The summed E-state index contributed by atoms with van der Waals surface area (Å²) in [6.45, 7) is 0. The molecule has 7 heteroatoms. The number of halogens is 1. The minimum absolute atomic E-state index is 0.124. The Bertz CT molecular complexity index is 518. The number of sulfone groups is 1. The number of hydrogen-bond donors (Lipinski definition) is 0. The minimum atomic E-state index is -2.84. The van der Waals surface area contributed by atoms with Gasteiger partial charge in [-0.15, -0.1) is 5.10 Å². The van der Waals surface area contributed by atoms with Crippen LogP contribution in [-0.2, 0) is 16.3 Å². The summed E-state index contributed by atoms with van der Waals surface area (Å²) in [7, 11) is -1.37. The minimum Gasteiger partial charge on any atom is -0.479 e. The lowest BCUT2D eigenvalue weighted by Crippen LogP contribution is -2.09. The topological polar surface area (TPSA) is 69.2 Å². The van der Waals surface area contributed by atoms with Crippen LogP contribution in [0.1, 0.15) is 12.1 Å². The molecule has 0 N–H and O–H groups in total. The molecular weight excluding hydrogens is 264 g/mol. The van der Waals surface area contributed by atoms with Crippen LogP contribution in [0, 0.1) is 5.92 Å². The number of aromatic nitrogens is 2. The molecule has 2 heterocycles. The van der Waals surface area contributed by atoms with Crippen molar-refractivity contribution in [3.63, 3.8) is 0 Å². The Labute approximate surface area is 105 Å². The van der Waals surface area contributed by atoms with E-state index >= 15 is 0 Å². The van der Waals surface area contributed by atoms with Crippen molar-refractivity contribution in [1.29, 1.82) is 0 Å². The number of hydrogen-bond acceptors (Lipinski definition) is 5. The molecule has 0 amide bonds. The molecule has 1 aromatic rings. The molecule has 1 aromatic heterocycles. The Hall–Kier alpha value is -0.880. The fourth-order valence-corrected chi connectivity index (χ4v) is 4.06. The molecule has 1 fully saturated rings. The van der Waals surface area contributed by atoms with E-state index in [2.05, 4.69) is 10.2 Å². The molecule has 1 saturated heterocycles. The van der Waals surface area contributed by atoms with E-state index in [9.17, 15) is 8.42 Å². The molecule has 94 valence electrons. The highest BCUT2D eigenvalue weighted by Gasteiger charge is 2.28. The van der Waals surface area contributed by atoms with Gasteiger partial charge in [-0.3, -0.25) is 0 Å². The summed E-state index contributed by atoms with van der Waals surface area (Å²) in [5, 5.41) is 8.19. The molecule has 0 bridgehead atoms. The van der Waals surface area contributed by atoms with Crippen molar-refractivity contribution >= 4 is 21.4 Å². The lowest BCUT2D eigenvalue weighted by molar-refractivity contribution is 0.390. The lowest BCUT2D eigenvalue weighted by atomic mass is 10.0. The van der Waals surface area contributed by atoms with Crippen molar-refractivity contribution in [3.05, 3.63) is 16.8 Å².